The molecule has 0 heterocycles. The van der Waals surface area contributed by atoms with Gasteiger partial charge < -0.3 is 5.11 Å². The van der Waals surface area contributed by atoms with Crippen LogP contribution in [-0.2, 0) is 21.2 Å². The molecule has 2 N–H and O–H groups in total. The molecule has 0 saturated carbocycles. The summed E-state index contributed by atoms with van der Waals surface area (Å²) >= 11 is 0. The van der Waals surface area contributed by atoms with Crippen molar-refractivity contribution in [2.75, 3.05) is 0 Å². The van der Waals surface area contributed by atoms with Gasteiger partial charge in [0.05, 0.1) is 16.5 Å². The number of carbonyl (C=O) groups is 2. The van der Waals surface area contributed by atoms with Crippen molar-refractivity contribution >= 4 is 21.8 Å². The van der Waals surface area contributed by atoms with Gasteiger partial charge >= 0.3 is 5.97 Å². The maximum atomic E-state index is 12.6. The second-order valence-corrected chi connectivity index (χ2v) is 7.47. The highest BCUT2D eigenvalue weighted by molar-refractivity contribution is 7.89. The van der Waals surface area contributed by atoms with Gasteiger partial charge in [-0.05, 0) is 43.5 Å². The van der Waals surface area contributed by atoms with Gasteiger partial charge in [-0.25, -0.2) is 17.9 Å². The van der Waals surface area contributed by atoms with E-state index in [4.69, 9.17) is 5.11 Å². The summed E-state index contributed by atoms with van der Waals surface area (Å²) in [7, 11) is -4.03. The summed E-state index contributed by atoms with van der Waals surface area (Å²) in [6.45, 7) is 2.90. The van der Waals surface area contributed by atoms with Gasteiger partial charge in [-0.15, -0.1) is 0 Å². The van der Waals surface area contributed by atoms with Crippen LogP contribution in [0, 0.1) is 6.92 Å². The van der Waals surface area contributed by atoms with Gasteiger partial charge in [0, 0.05) is 0 Å². The number of carboxylic acid groups (broad SMARTS) is 1. The number of carbonyl (C=O) groups excluding carboxylic acids is 1. The Morgan fingerprint density at radius 2 is 1.76 bits per heavy atom. The Bertz CT molecular complexity index is 891. The molecule has 0 radical (unpaired) electrons. The topological polar surface area (TPSA) is 101 Å². The van der Waals surface area contributed by atoms with Gasteiger partial charge in [0.15, 0.2) is 0 Å². The van der Waals surface area contributed by atoms with Gasteiger partial charge in [0.2, 0.25) is 10.0 Å². The number of Topliss-reactive ketones (excluding diaryl/α,β-unsaturated/α-hetero) is 1. The van der Waals surface area contributed by atoms with E-state index in [0.29, 0.717) is 5.56 Å². The molecular weight excluding hydrogens is 342 g/mol. The van der Waals surface area contributed by atoms with Crippen molar-refractivity contribution in [3.05, 3.63) is 65.2 Å². The van der Waals surface area contributed by atoms with Crippen molar-refractivity contribution in [3.63, 3.8) is 0 Å². The molecule has 0 aromatic heterocycles. The van der Waals surface area contributed by atoms with E-state index in [9.17, 15) is 18.0 Å². The molecule has 6 nitrogen and oxygen atoms in total. The fourth-order valence-electron chi connectivity index (χ4n) is 2.37. The van der Waals surface area contributed by atoms with Crippen molar-refractivity contribution in [2.45, 2.75) is 31.2 Å². The molecule has 0 aliphatic carbocycles. The van der Waals surface area contributed by atoms with Gasteiger partial charge in [-0.3, -0.25) is 4.79 Å². The lowest BCUT2D eigenvalue weighted by Crippen LogP contribution is -2.41. The first-order valence-corrected chi connectivity index (χ1v) is 9.09. The minimum Gasteiger partial charge on any atom is -0.478 e. The summed E-state index contributed by atoms with van der Waals surface area (Å²) in [5.41, 5.74) is 1.18. The molecule has 0 spiro atoms. The van der Waals surface area contributed by atoms with Gasteiger partial charge in [-0.1, -0.05) is 36.4 Å². The predicted molar refractivity (Wildman–Crippen MR) is 93.1 cm³/mol. The summed E-state index contributed by atoms with van der Waals surface area (Å²) in [6.07, 6.45) is 0.215. The zero-order chi connectivity index (χ0) is 18.6. The van der Waals surface area contributed by atoms with Crippen LogP contribution in [-0.4, -0.2) is 31.3 Å². The van der Waals surface area contributed by atoms with Crippen molar-refractivity contribution in [3.8, 4) is 0 Å². The van der Waals surface area contributed by atoms with Crippen LogP contribution in [0.4, 0.5) is 0 Å². The summed E-state index contributed by atoms with van der Waals surface area (Å²) in [4.78, 5) is 22.9. The lowest BCUT2D eigenvalue weighted by molar-refractivity contribution is -0.118. The Morgan fingerprint density at radius 1 is 1.12 bits per heavy atom. The first kappa shape index (κ1) is 18.8. The van der Waals surface area contributed by atoms with Gasteiger partial charge in [0.25, 0.3) is 0 Å². The summed E-state index contributed by atoms with van der Waals surface area (Å²) in [5, 5.41) is 9.15. The number of aryl methyl sites for hydroxylation is 1. The molecule has 0 unspecified atom stereocenters. The normalized spacial score (nSPS) is 12.6. The van der Waals surface area contributed by atoms with E-state index >= 15 is 0 Å². The summed E-state index contributed by atoms with van der Waals surface area (Å²) in [5.74, 6) is -1.53. The van der Waals surface area contributed by atoms with Crippen LogP contribution in [0.1, 0.15) is 28.4 Å². The third-order valence-electron chi connectivity index (χ3n) is 3.82. The lowest BCUT2D eigenvalue weighted by atomic mass is 10.0. The minimum atomic E-state index is -4.03. The smallest absolute Gasteiger partial charge is 0.335 e. The third-order valence-corrected chi connectivity index (χ3v) is 5.29. The molecule has 25 heavy (non-hydrogen) atoms. The number of sulfonamides is 1. The molecule has 2 rings (SSSR count). The Kier molecular flexibility index (Phi) is 5.71. The van der Waals surface area contributed by atoms with E-state index in [-0.39, 0.29) is 22.7 Å². The van der Waals surface area contributed by atoms with Crippen LogP contribution in [0.2, 0.25) is 0 Å². The molecule has 132 valence electrons. The van der Waals surface area contributed by atoms with Crippen LogP contribution in [0.3, 0.4) is 0 Å². The maximum absolute atomic E-state index is 12.6. The van der Waals surface area contributed by atoms with E-state index in [2.05, 4.69) is 4.72 Å². The number of carboxylic acids is 1. The molecule has 0 fully saturated rings. The molecule has 0 bridgehead atoms. The van der Waals surface area contributed by atoms with Crippen LogP contribution >= 0.6 is 0 Å². The minimum absolute atomic E-state index is 0.0923. The van der Waals surface area contributed by atoms with Crippen LogP contribution < -0.4 is 4.72 Å². The van der Waals surface area contributed by atoms with Gasteiger partial charge in [0.1, 0.15) is 5.78 Å². The van der Waals surface area contributed by atoms with Crippen molar-refractivity contribution in [1.29, 1.82) is 0 Å². The molecule has 0 saturated heterocycles. The number of hydrogen-bond acceptors (Lipinski definition) is 4. The first-order valence-electron chi connectivity index (χ1n) is 7.61. The van der Waals surface area contributed by atoms with Crippen LogP contribution in [0.5, 0.6) is 0 Å². The van der Waals surface area contributed by atoms with Crippen LogP contribution in [0.25, 0.3) is 0 Å². The third kappa shape index (κ3) is 4.74. The van der Waals surface area contributed by atoms with Gasteiger partial charge in [-0.2, -0.15) is 0 Å². The number of hydrogen-bond donors (Lipinski definition) is 2. The average Bonchev–Trinajstić information content (AvgIpc) is 2.54. The second-order valence-electron chi connectivity index (χ2n) is 5.76. The molecule has 0 aliphatic heterocycles. The van der Waals surface area contributed by atoms with E-state index in [1.165, 1.54) is 19.1 Å². The molecule has 0 aliphatic rings. The lowest BCUT2D eigenvalue weighted by Gasteiger charge is -2.17. The Labute approximate surface area is 146 Å². The quantitative estimate of drug-likeness (QED) is 0.787. The molecule has 7 heteroatoms. The summed E-state index contributed by atoms with van der Waals surface area (Å²) < 4.78 is 27.5. The first-order chi connectivity index (χ1) is 11.7. The number of benzene rings is 2. The second kappa shape index (κ2) is 7.58. The number of ketones is 1. The van der Waals surface area contributed by atoms with Crippen molar-refractivity contribution in [2.24, 2.45) is 0 Å². The Hall–Kier alpha value is -2.51. The zero-order valence-electron chi connectivity index (χ0n) is 13.9. The predicted octanol–water partition coefficient (Wildman–Crippen LogP) is 2.17. The standard InChI is InChI=1S/C18H19NO5S/c1-12-8-9-15(11-16(12)18(21)22)25(23,24)19-17(13(2)20)10-14-6-4-3-5-7-14/h3-9,11,17,19H,10H2,1-2H3,(H,21,22)/t17-/m0/s1. The SMILES string of the molecule is CC(=O)[C@H](Cc1ccccc1)NS(=O)(=O)c1ccc(C)c(C(=O)O)c1. The summed E-state index contributed by atoms with van der Waals surface area (Å²) in [6, 6.07) is 12.0. The van der Waals surface area contributed by atoms with E-state index in [1.807, 2.05) is 6.07 Å². The highest BCUT2D eigenvalue weighted by atomic mass is 32.2. The molecule has 2 aromatic carbocycles. The number of nitrogens with one attached hydrogen (secondary N) is 1. The van der Waals surface area contributed by atoms with E-state index in [0.717, 1.165) is 11.6 Å². The number of aromatic carboxylic acids is 1. The highest BCUT2D eigenvalue weighted by Crippen LogP contribution is 2.17. The van der Waals surface area contributed by atoms with E-state index in [1.54, 1.807) is 31.2 Å². The number of rotatable bonds is 7. The monoisotopic (exact) mass is 361 g/mol. The van der Waals surface area contributed by atoms with Crippen LogP contribution in [0.15, 0.2) is 53.4 Å². The Morgan fingerprint density at radius 3 is 2.32 bits per heavy atom. The van der Waals surface area contributed by atoms with Crippen molar-refractivity contribution < 1.29 is 23.1 Å². The largest absolute Gasteiger partial charge is 0.478 e. The maximum Gasteiger partial charge on any atom is 0.335 e. The Balaban J connectivity index is 2.30. The molecule has 0 amide bonds. The average molecular weight is 361 g/mol. The fraction of sp³-hybridized carbons (Fsp3) is 0.222. The molecular formula is C18H19NO5S. The molecule has 1 atom stereocenters. The zero-order valence-corrected chi connectivity index (χ0v) is 14.7. The van der Waals surface area contributed by atoms with Crippen molar-refractivity contribution in [1.82, 2.24) is 4.72 Å². The fourth-order valence-corrected chi connectivity index (χ4v) is 3.65. The highest BCUT2D eigenvalue weighted by Gasteiger charge is 2.24. The van der Waals surface area contributed by atoms with E-state index < -0.39 is 22.0 Å². The molecule has 2 aromatic rings.